The van der Waals surface area contributed by atoms with Crippen molar-refractivity contribution in [3.63, 3.8) is 0 Å². The number of aliphatic hydroxyl groups is 1. The second kappa shape index (κ2) is 7.01. The van der Waals surface area contributed by atoms with Crippen LogP contribution in [-0.2, 0) is 0 Å². The molecule has 13 heavy (non-hydrogen) atoms. The van der Waals surface area contributed by atoms with Crippen molar-refractivity contribution < 1.29 is 9.90 Å². The zero-order valence-corrected chi connectivity index (χ0v) is 7.40. The van der Waals surface area contributed by atoms with Gasteiger partial charge in [-0.05, 0) is 13.0 Å². The topological polar surface area (TPSA) is 61.1 Å². The molecule has 0 unspecified atom stereocenters. The molecule has 0 aliphatic rings. The first kappa shape index (κ1) is 11.3. The van der Waals surface area contributed by atoms with Crippen molar-refractivity contribution in [1.29, 1.82) is 5.26 Å². The van der Waals surface area contributed by atoms with Crippen molar-refractivity contribution in [3.05, 3.63) is 35.4 Å². The zero-order valence-electron chi connectivity index (χ0n) is 7.40. The lowest BCUT2D eigenvalue weighted by Crippen LogP contribution is -1.84. The molecule has 0 bridgehead atoms. The van der Waals surface area contributed by atoms with Gasteiger partial charge in [-0.2, -0.15) is 5.26 Å². The number of carbonyl (C=O) groups is 1. The Hall–Kier alpha value is -1.66. The molecule has 1 aromatic rings. The van der Waals surface area contributed by atoms with E-state index in [1.165, 1.54) is 0 Å². The number of aldehydes is 1. The highest BCUT2D eigenvalue weighted by Crippen LogP contribution is 2.02. The van der Waals surface area contributed by atoms with E-state index in [4.69, 9.17) is 10.4 Å². The van der Waals surface area contributed by atoms with Gasteiger partial charge in [0.05, 0.1) is 11.6 Å². The largest absolute Gasteiger partial charge is 0.397 e. The molecule has 68 valence electrons. The third kappa shape index (κ3) is 4.04. The van der Waals surface area contributed by atoms with E-state index in [0.717, 1.165) is 0 Å². The quantitative estimate of drug-likeness (QED) is 0.659. The Morgan fingerprint density at radius 3 is 2.46 bits per heavy atom. The summed E-state index contributed by atoms with van der Waals surface area (Å²) in [6, 6.07) is 8.60. The lowest BCUT2D eigenvalue weighted by atomic mass is 10.1. The molecule has 0 aliphatic heterocycles. The van der Waals surface area contributed by atoms with Gasteiger partial charge in [0.1, 0.15) is 0 Å². The third-order valence-electron chi connectivity index (χ3n) is 1.21. The summed E-state index contributed by atoms with van der Waals surface area (Å²) in [5.41, 5.74) is 0.877. The number of carbonyl (C=O) groups excluding carboxylic acids is 1. The Balaban J connectivity index is 0.000000424. The van der Waals surface area contributed by atoms with Crippen LogP contribution in [0.25, 0.3) is 0 Å². The molecule has 3 nitrogen and oxygen atoms in total. The first-order valence-electron chi connectivity index (χ1n) is 3.85. The summed E-state index contributed by atoms with van der Waals surface area (Å²) in [6.45, 7) is 1.93. The number of aliphatic hydroxyl groups excluding tert-OH is 1. The molecule has 0 atom stereocenters. The summed E-state index contributed by atoms with van der Waals surface area (Å²) in [4.78, 5) is 10.2. The Morgan fingerprint density at radius 2 is 2.08 bits per heavy atom. The molecule has 0 fully saturated rings. The zero-order chi connectivity index (χ0) is 10.1. The smallest absolute Gasteiger partial charge is 0.151 e. The fourth-order valence-electron chi connectivity index (χ4n) is 0.702. The van der Waals surface area contributed by atoms with Gasteiger partial charge in [-0.15, -0.1) is 0 Å². The van der Waals surface area contributed by atoms with Crippen molar-refractivity contribution in [2.24, 2.45) is 0 Å². The highest BCUT2D eigenvalue weighted by molar-refractivity contribution is 5.78. The lowest BCUT2D eigenvalue weighted by molar-refractivity contribution is 0.112. The van der Waals surface area contributed by atoms with E-state index in [0.29, 0.717) is 17.4 Å². The summed E-state index contributed by atoms with van der Waals surface area (Å²) in [5.74, 6) is 0. The molecule has 0 amide bonds. The van der Waals surface area contributed by atoms with Gasteiger partial charge >= 0.3 is 0 Å². The standard InChI is InChI=1S/C8H5NO.C2H6O/c9-5-7-3-1-2-4-8(7)6-10;1-2-3/h1-4,6H;3H,2H2,1H3. The van der Waals surface area contributed by atoms with Gasteiger partial charge in [0.15, 0.2) is 6.29 Å². The molecule has 1 aromatic carbocycles. The van der Waals surface area contributed by atoms with Crippen molar-refractivity contribution in [3.8, 4) is 6.07 Å². The number of hydrogen-bond acceptors (Lipinski definition) is 3. The lowest BCUT2D eigenvalue weighted by Gasteiger charge is -1.89. The summed E-state index contributed by atoms with van der Waals surface area (Å²) >= 11 is 0. The Morgan fingerprint density at radius 1 is 1.54 bits per heavy atom. The van der Waals surface area contributed by atoms with Crippen molar-refractivity contribution in [2.75, 3.05) is 6.61 Å². The highest BCUT2D eigenvalue weighted by atomic mass is 16.2. The molecule has 3 heteroatoms. The van der Waals surface area contributed by atoms with Crippen molar-refractivity contribution in [1.82, 2.24) is 0 Å². The van der Waals surface area contributed by atoms with Crippen LogP contribution in [0, 0.1) is 11.3 Å². The minimum Gasteiger partial charge on any atom is -0.397 e. The van der Waals surface area contributed by atoms with Crippen LogP contribution in [-0.4, -0.2) is 18.0 Å². The molecule has 0 radical (unpaired) electrons. The third-order valence-corrected chi connectivity index (χ3v) is 1.21. The molecule has 0 aromatic heterocycles. The average molecular weight is 177 g/mol. The molecule has 1 N–H and O–H groups in total. The summed E-state index contributed by atoms with van der Waals surface area (Å²) in [5, 5.41) is 16.0. The Bertz CT molecular complexity index is 302. The molecular weight excluding hydrogens is 166 g/mol. The van der Waals surface area contributed by atoms with Gasteiger partial charge < -0.3 is 5.11 Å². The second-order valence-corrected chi connectivity index (χ2v) is 2.13. The van der Waals surface area contributed by atoms with Crippen molar-refractivity contribution >= 4 is 6.29 Å². The van der Waals surface area contributed by atoms with Crippen LogP contribution in [0.2, 0.25) is 0 Å². The van der Waals surface area contributed by atoms with Crippen LogP contribution in [0.1, 0.15) is 22.8 Å². The van der Waals surface area contributed by atoms with E-state index >= 15 is 0 Å². The first-order valence-corrected chi connectivity index (χ1v) is 3.85. The van der Waals surface area contributed by atoms with E-state index in [9.17, 15) is 4.79 Å². The number of nitrogens with zero attached hydrogens (tertiary/aromatic N) is 1. The van der Waals surface area contributed by atoms with Gasteiger partial charge in [-0.3, -0.25) is 4.79 Å². The predicted octanol–water partition coefficient (Wildman–Crippen LogP) is 1.37. The van der Waals surface area contributed by atoms with Gasteiger partial charge in [0.25, 0.3) is 0 Å². The predicted molar refractivity (Wildman–Crippen MR) is 49.3 cm³/mol. The maximum atomic E-state index is 10.2. The van der Waals surface area contributed by atoms with Gasteiger partial charge in [-0.25, -0.2) is 0 Å². The summed E-state index contributed by atoms with van der Waals surface area (Å²) < 4.78 is 0. The van der Waals surface area contributed by atoms with Gasteiger partial charge in [-0.1, -0.05) is 18.2 Å². The molecule has 0 saturated heterocycles. The molecule has 0 spiro atoms. The van der Waals surface area contributed by atoms with Crippen LogP contribution < -0.4 is 0 Å². The van der Waals surface area contributed by atoms with Crippen LogP contribution in [0.4, 0.5) is 0 Å². The molecule has 0 heterocycles. The Labute approximate surface area is 77.2 Å². The fraction of sp³-hybridized carbons (Fsp3) is 0.200. The SMILES string of the molecule is CCO.N#Cc1ccccc1C=O. The molecular formula is C10H11NO2. The average Bonchev–Trinajstić information content (AvgIpc) is 2.19. The van der Waals surface area contributed by atoms with Gasteiger partial charge in [0.2, 0.25) is 0 Å². The van der Waals surface area contributed by atoms with Crippen LogP contribution >= 0.6 is 0 Å². The van der Waals surface area contributed by atoms with Crippen molar-refractivity contribution in [2.45, 2.75) is 6.92 Å². The van der Waals surface area contributed by atoms with Crippen LogP contribution in [0.5, 0.6) is 0 Å². The monoisotopic (exact) mass is 177 g/mol. The van der Waals surface area contributed by atoms with E-state index in [-0.39, 0.29) is 6.61 Å². The highest BCUT2D eigenvalue weighted by Gasteiger charge is 1.95. The minimum atomic E-state index is 0.250. The number of nitriles is 1. The normalized spacial score (nSPS) is 7.77. The molecule has 1 rings (SSSR count). The van der Waals surface area contributed by atoms with E-state index < -0.39 is 0 Å². The minimum absolute atomic E-state index is 0.250. The number of rotatable bonds is 1. The van der Waals surface area contributed by atoms with E-state index in [2.05, 4.69) is 0 Å². The van der Waals surface area contributed by atoms with E-state index in [1.807, 2.05) is 6.07 Å². The molecule has 0 saturated carbocycles. The number of benzene rings is 1. The summed E-state index contributed by atoms with van der Waals surface area (Å²) in [7, 11) is 0. The van der Waals surface area contributed by atoms with Crippen LogP contribution in [0.15, 0.2) is 24.3 Å². The second-order valence-electron chi connectivity index (χ2n) is 2.13. The fourth-order valence-corrected chi connectivity index (χ4v) is 0.702. The molecule has 0 aliphatic carbocycles. The van der Waals surface area contributed by atoms with Gasteiger partial charge in [0, 0.05) is 12.2 Å². The van der Waals surface area contributed by atoms with E-state index in [1.54, 1.807) is 31.2 Å². The Kier molecular flexibility index (Phi) is 6.12. The summed E-state index contributed by atoms with van der Waals surface area (Å²) in [6.07, 6.45) is 0.679. The number of hydrogen-bond donors (Lipinski definition) is 1. The van der Waals surface area contributed by atoms with Crippen LogP contribution in [0.3, 0.4) is 0 Å². The first-order chi connectivity index (χ1) is 6.29. The maximum absolute atomic E-state index is 10.2. The maximum Gasteiger partial charge on any atom is 0.151 e.